The maximum Gasteiger partial charge on any atom is 0.270 e. The van der Waals surface area contributed by atoms with Crippen molar-refractivity contribution in [2.24, 2.45) is 0 Å². The number of H-pyrrole nitrogens is 1. The number of methoxy groups -OCH3 is 1. The first-order valence-corrected chi connectivity index (χ1v) is 10.4. The second kappa shape index (κ2) is 9.04. The highest BCUT2D eigenvalue weighted by atomic mass is 32.1. The third kappa shape index (κ3) is 4.50. The molecule has 3 aromatic rings. The molecule has 27 heavy (non-hydrogen) atoms. The molecule has 2 aromatic heterocycles. The smallest absolute Gasteiger partial charge is 0.270 e. The number of ether oxygens (including phenoxy) is 1. The molecular weight excluding hydrogens is 358 g/mol. The third-order valence-corrected chi connectivity index (χ3v) is 5.78. The molecule has 0 radical (unpaired) electrons. The molecular formula is C21H27N3O2S. The van der Waals surface area contributed by atoms with Crippen LogP contribution in [0.25, 0.3) is 20.7 Å². The Kier molecular flexibility index (Phi) is 6.50. The minimum Gasteiger partial charge on any atom is -0.497 e. The second-order valence-electron chi connectivity index (χ2n) is 6.64. The topological polar surface area (TPSA) is 58.2 Å². The Morgan fingerprint density at radius 1 is 1.11 bits per heavy atom. The van der Waals surface area contributed by atoms with Gasteiger partial charge in [0.2, 0.25) is 5.95 Å². The summed E-state index contributed by atoms with van der Waals surface area (Å²) in [6, 6.07) is 9.89. The fourth-order valence-electron chi connectivity index (χ4n) is 3.00. The summed E-state index contributed by atoms with van der Waals surface area (Å²) in [6.45, 7) is 6.19. The molecule has 0 aliphatic carbocycles. The SMILES string of the molecule is CCCCN(CCCC)c1nc2cc(-c3ccc(OC)cc3)sc2c(=O)[nH]1. The van der Waals surface area contributed by atoms with E-state index in [1.54, 1.807) is 7.11 Å². The van der Waals surface area contributed by atoms with E-state index < -0.39 is 0 Å². The van der Waals surface area contributed by atoms with Crippen molar-refractivity contribution in [2.45, 2.75) is 39.5 Å². The van der Waals surface area contributed by atoms with Crippen LogP contribution in [0.5, 0.6) is 5.75 Å². The van der Waals surface area contributed by atoms with Crippen LogP contribution in [0.4, 0.5) is 5.95 Å². The standard InChI is InChI=1S/C21H27N3O2S/c1-4-6-12-24(13-7-5-2)21-22-17-14-18(27-19(17)20(25)23-21)15-8-10-16(26-3)11-9-15/h8-11,14H,4-7,12-13H2,1-3H3,(H,22,23,25). The molecule has 6 heteroatoms. The van der Waals surface area contributed by atoms with Crippen LogP contribution in [0.15, 0.2) is 35.1 Å². The molecule has 0 bridgehead atoms. The van der Waals surface area contributed by atoms with Crippen molar-refractivity contribution in [2.75, 3.05) is 25.1 Å². The van der Waals surface area contributed by atoms with E-state index in [-0.39, 0.29) is 5.56 Å². The van der Waals surface area contributed by atoms with E-state index in [1.807, 2.05) is 30.3 Å². The van der Waals surface area contributed by atoms with Gasteiger partial charge in [0.25, 0.3) is 5.56 Å². The van der Waals surface area contributed by atoms with Crippen LogP contribution in [0.3, 0.4) is 0 Å². The quantitative estimate of drug-likeness (QED) is 0.559. The van der Waals surface area contributed by atoms with Gasteiger partial charge in [-0.25, -0.2) is 4.98 Å². The number of benzene rings is 1. The number of rotatable bonds is 9. The van der Waals surface area contributed by atoms with Gasteiger partial charge in [-0.3, -0.25) is 9.78 Å². The maximum atomic E-state index is 12.7. The van der Waals surface area contributed by atoms with E-state index in [1.165, 1.54) is 11.3 Å². The molecule has 0 atom stereocenters. The average molecular weight is 386 g/mol. The number of nitrogens with one attached hydrogen (secondary N) is 1. The molecule has 0 saturated carbocycles. The highest BCUT2D eigenvalue weighted by Gasteiger charge is 2.14. The highest BCUT2D eigenvalue weighted by Crippen LogP contribution is 2.32. The fraction of sp³-hybridized carbons (Fsp3) is 0.429. The summed E-state index contributed by atoms with van der Waals surface area (Å²) in [5.41, 5.74) is 1.77. The maximum absolute atomic E-state index is 12.7. The lowest BCUT2D eigenvalue weighted by molar-refractivity contribution is 0.415. The summed E-state index contributed by atoms with van der Waals surface area (Å²) < 4.78 is 5.90. The Labute approximate surface area is 164 Å². The summed E-state index contributed by atoms with van der Waals surface area (Å²) in [6.07, 6.45) is 4.42. The van der Waals surface area contributed by atoms with Crippen LogP contribution >= 0.6 is 11.3 Å². The molecule has 2 heterocycles. The molecule has 1 N–H and O–H groups in total. The van der Waals surface area contributed by atoms with Crippen LogP contribution in [0.2, 0.25) is 0 Å². The largest absolute Gasteiger partial charge is 0.497 e. The Balaban J connectivity index is 1.96. The van der Waals surface area contributed by atoms with E-state index in [4.69, 9.17) is 9.72 Å². The van der Waals surface area contributed by atoms with Gasteiger partial charge in [0.15, 0.2) is 0 Å². The van der Waals surface area contributed by atoms with Crippen molar-refractivity contribution in [1.82, 2.24) is 9.97 Å². The van der Waals surface area contributed by atoms with Gasteiger partial charge in [0, 0.05) is 18.0 Å². The second-order valence-corrected chi connectivity index (χ2v) is 7.69. The molecule has 0 aliphatic rings. The van der Waals surface area contributed by atoms with Gasteiger partial charge in [-0.05, 0) is 48.7 Å². The number of anilines is 1. The summed E-state index contributed by atoms with van der Waals surface area (Å²) in [5.74, 6) is 1.51. The lowest BCUT2D eigenvalue weighted by atomic mass is 10.2. The Morgan fingerprint density at radius 2 is 1.78 bits per heavy atom. The molecule has 1 aromatic carbocycles. The third-order valence-electron chi connectivity index (χ3n) is 4.61. The van der Waals surface area contributed by atoms with Crippen LogP contribution in [0, 0.1) is 0 Å². The van der Waals surface area contributed by atoms with Gasteiger partial charge in [-0.2, -0.15) is 0 Å². The number of nitrogens with zero attached hydrogens (tertiary/aromatic N) is 2. The predicted octanol–water partition coefficient (Wildman–Crippen LogP) is 5.07. The molecule has 0 amide bonds. The molecule has 0 spiro atoms. The molecule has 0 unspecified atom stereocenters. The van der Waals surface area contributed by atoms with E-state index in [2.05, 4.69) is 23.7 Å². The zero-order valence-electron chi connectivity index (χ0n) is 16.2. The van der Waals surface area contributed by atoms with E-state index >= 15 is 0 Å². The minimum atomic E-state index is -0.0576. The van der Waals surface area contributed by atoms with Gasteiger partial charge in [-0.1, -0.05) is 26.7 Å². The van der Waals surface area contributed by atoms with Crippen LogP contribution < -0.4 is 15.2 Å². The number of unbranched alkanes of at least 4 members (excludes halogenated alkanes) is 2. The van der Waals surface area contributed by atoms with Crippen molar-refractivity contribution in [3.05, 3.63) is 40.7 Å². The Hall–Kier alpha value is -2.34. The number of hydrogen-bond acceptors (Lipinski definition) is 5. The monoisotopic (exact) mass is 385 g/mol. The summed E-state index contributed by atoms with van der Waals surface area (Å²) in [4.78, 5) is 23.7. The average Bonchev–Trinajstić information content (AvgIpc) is 3.13. The highest BCUT2D eigenvalue weighted by molar-refractivity contribution is 7.22. The number of aromatic nitrogens is 2. The zero-order valence-corrected chi connectivity index (χ0v) is 17.1. The van der Waals surface area contributed by atoms with Crippen molar-refractivity contribution >= 4 is 27.5 Å². The van der Waals surface area contributed by atoms with E-state index in [9.17, 15) is 4.79 Å². The van der Waals surface area contributed by atoms with Gasteiger partial charge >= 0.3 is 0 Å². The first-order chi connectivity index (χ1) is 13.2. The molecule has 0 aliphatic heterocycles. The minimum absolute atomic E-state index is 0.0576. The number of fused-ring (bicyclic) bond motifs is 1. The molecule has 144 valence electrons. The summed E-state index contributed by atoms with van der Waals surface area (Å²) in [7, 11) is 1.66. The zero-order chi connectivity index (χ0) is 19.2. The number of thiophene rings is 1. The lowest BCUT2D eigenvalue weighted by Gasteiger charge is -2.22. The van der Waals surface area contributed by atoms with Gasteiger partial charge < -0.3 is 9.64 Å². The van der Waals surface area contributed by atoms with Crippen molar-refractivity contribution in [1.29, 1.82) is 0 Å². The first kappa shape index (κ1) is 19.4. The number of aromatic amines is 1. The molecule has 0 fully saturated rings. The van der Waals surface area contributed by atoms with Crippen LogP contribution in [0.1, 0.15) is 39.5 Å². The van der Waals surface area contributed by atoms with Crippen LogP contribution in [-0.4, -0.2) is 30.2 Å². The number of hydrogen-bond donors (Lipinski definition) is 1. The van der Waals surface area contributed by atoms with Gasteiger partial charge in [0.05, 0.1) is 12.6 Å². The van der Waals surface area contributed by atoms with E-state index in [0.29, 0.717) is 10.6 Å². The lowest BCUT2D eigenvalue weighted by Crippen LogP contribution is -2.29. The summed E-state index contributed by atoms with van der Waals surface area (Å²) >= 11 is 1.48. The molecule has 5 nitrogen and oxygen atoms in total. The molecule has 3 rings (SSSR count). The summed E-state index contributed by atoms with van der Waals surface area (Å²) in [5, 5.41) is 0. The van der Waals surface area contributed by atoms with Gasteiger partial charge in [-0.15, -0.1) is 11.3 Å². The van der Waals surface area contributed by atoms with E-state index in [0.717, 1.165) is 60.5 Å². The van der Waals surface area contributed by atoms with Crippen molar-refractivity contribution in [3.63, 3.8) is 0 Å². The van der Waals surface area contributed by atoms with Gasteiger partial charge in [0.1, 0.15) is 10.4 Å². The Morgan fingerprint density at radius 3 is 2.37 bits per heavy atom. The van der Waals surface area contributed by atoms with Crippen molar-refractivity contribution in [3.8, 4) is 16.2 Å². The predicted molar refractivity (Wildman–Crippen MR) is 114 cm³/mol. The normalized spacial score (nSPS) is 11.1. The fourth-order valence-corrected chi connectivity index (χ4v) is 3.99. The van der Waals surface area contributed by atoms with Crippen LogP contribution in [-0.2, 0) is 0 Å². The first-order valence-electron chi connectivity index (χ1n) is 9.59. The van der Waals surface area contributed by atoms with Crippen molar-refractivity contribution < 1.29 is 4.74 Å². The molecule has 0 saturated heterocycles. The Bertz CT molecular complexity index is 923.